The van der Waals surface area contributed by atoms with Gasteiger partial charge in [-0.15, -0.1) is 0 Å². The predicted octanol–water partition coefficient (Wildman–Crippen LogP) is 3.78. The number of halogens is 1. The first kappa shape index (κ1) is 12.6. The van der Waals surface area contributed by atoms with E-state index in [0.717, 1.165) is 24.8 Å². The number of benzene rings is 1. The number of ether oxygens (including phenoxy) is 1. The van der Waals surface area contributed by atoms with Gasteiger partial charge in [-0.3, -0.25) is 4.79 Å². The van der Waals surface area contributed by atoms with Gasteiger partial charge in [0.05, 0.1) is 4.83 Å². The van der Waals surface area contributed by atoms with Crippen molar-refractivity contribution in [1.29, 1.82) is 0 Å². The van der Waals surface area contributed by atoms with Gasteiger partial charge in [0, 0.05) is 6.42 Å². The molecule has 0 aromatic heterocycles. The van der Waals surface area contributed by atoms with Crippen molar-refractivity contribution in [3.63, 3.8) is 0 Å². The van der Waals surface area contributed by atoms with Crippen LogP contribution in [-0.4, -0.2) is 10.8 Å². The Morgan fingerprint density at radius 2 is 2.12 bits per heavy atom. The fourth-order valence-electron chi connectivity index (χ4n) is 2.46. The lowest BCUT2D eigenvalue weighted by molar-refractivity contribution is -0.169. The van der Waals surface area contributed by atoms with E-state index in [4.69, 9.17) is 4.74 Å². The van der Waals surface area contributed by atoms with E-state index in [-0.39, 0.29) is 10.8 Å². The van der Waals surface area contributed by atoms with E-state index >= 15 is 0 Å². The molecule has 2 nitrogen and oxygen atoms in total. The molecule has 0 bridgehead atoms. The number of carbonyl (C=O) groups excluding carboxylic acids is 1. The minimum Gasteiger partial charge on any atom is -0.453 e. The van der Waals surface area contributed by atoms with Crippen LogP contribution < -0.4 is 0 Å². The van der Waals surface area contributed by atoms with Crippen LogP contribution in [0.2, 0.25) is 0 Å². The lowest BCUT2D eigenvalue weighted by Crippen LogP contribution is -2.43. The van der Waals surface area contributed by atoms with Gasteiger partial charge in [0.15, 0.2) is 0 Å². The minimum absolute atomic E-state index is 0.0852. The molecule has 0 spiro atoms. The smallest absolute Gasteiger partial charge is 0.306 e. The molecule has 1 aromatic carbocycles. The van der Waals surface area contributed by atoms with Crippen molar-refractivity contribution < 1.29 is 9.53 Å². The van der Waals surface area contributed by atoms with E-state index in [2.05, 4.69) is 22.9 Å². The summed E-state index contributed by atoms with van der Waals surface area (Å²) >= 11 is 3.68. The number of esters is 1. The molecule has 0 unspecified atom stereocenters. The van der Waals surface area contributed by atoms with Gasteiger partial charge in [-0.1, -0.05) is 53.2 Å². The number of hydrogen-bond acceptors (Lipinski definition) is 2. The van der Waals surface area contributed by atoms with Crippen LogP contribution in [0.15, 0.2) is 30.3 Å². The second-order valence-electron chi connectivity index (χ2n) is 4.46. The van der Waals surface area contributed by atoms with Crippen molar-refractivity contribution in [1.82, 2.24) is 0 Å². The molecule has 17 heavy (non-hydrogen) atoms. The van der Waals surface area contributed by atoms with Gasteiger partial charge in [0.25, 0.3) is 0 Å². The molecule has 1 fully saturated rings. The Bertz CT molecular complexity index is 390. The molecule has 1 saturated heterocycles. The molecule has 0 aliphatic carbocycles. The second kappa shape index (κ2) is 5.21. The molecule has 1 aliphatic heterocycles. The summed E-state index contributed by atoms with van der Waals surface area (Å²) in [5, 5.41) is 0. The van der Waals surface area contributed by atoms with Crippen molar-refractivity contribution in [2.45, 2.75) is 43.0 Å². The number of rotatable bonds is 3. The standard InChI is InChI=1S/C14H17BrO2/c1-2-12(15)14(10-6-9-13(16)17-14)11-7-4-3-5-8-11/h3-5,7-8,12H,2,6,9-10H2,1H3/t12-,14-/m0/s1. The average molecular weight is 297 g/mol. The summed E-state index contributed by atoms with van der Waals surface area (Å²) in [7, 11) is 0. The number of carbonyl (C=O) groups is 1. The predicted molar refractivity (Wildman–Crippen MR) is 71.1 cm³/mol. The Labute approximate surface area is 110 Å². The topological polar surface area (TPSA) is 26.3 Å². The molecule has 1 heterocycles. The summed E-state index contributed by atoms with van der Waals surface area (Å²) in [6, 6.07) is 10.1. The average Bonchev–Trinajstić information content (AvgIpc) is 2.38. The molecule has 0 N–H and O–H groups in total. The first-order valence-electron chi connectivity index (χ1n) is 6.10. The molecule has 1 aliphatic rings. The Balaban J connectivity index is 2.40. The largest absolute Gasteiger partial charge is 0.453 e. The zero-order valence-corrected chi connectivity index (χ0v) is 11.6. The summed E-state index contributed by atoms with van der Waals surface area (Å²) in [6.07, 6.45) is 3.27. The lowest BCUT2D eigenvalue weighted by atomic mass is 9.82. The molecular weight excluding hydrogens is 280 g/mol. The third kappa shape index (κ3) is 2.39. The third-order valence-corrected chi connectivity index (χ3v) is 4.74. The summed E-state index contributed by atoms with van der Waals surface area (Å²) < 4.78 is 5.73. The minimum atomic E-state index is -0.481. The van der Waals surface area contributed by atoms with Crippen LogP contribution in [0.1, 0.15) is 38.2 Å². The van der Waals surface area contributed by atoms with Gasteiger partial charge < -0.3 is 4.74 Å². The van der Waals surface area contributed by atoms with Crippen LogP contribution in [0.3, 0.4) is 0 Å². The van der Waals surface area contributed by atoms with Gasteiger partial charge >= 0.3 is 5.97 Å². The summed E-state index contributed by atoms with van der Waals surface area (Å²) in [5.41, 5.74) is 0.613. The van der Waals surface area contributed by atoms with Crippen LogP contribution >= 0.6 is 15.9 Å². The highest BCUT2D eigenvalue weighted by Crippen LogP contribution is 2.42. The van der Waals surface area contributed by atoms with E-state index in [1.54, 1.807) is 0 Å². The monoisotopic (exact) mass is 296 g/mol. The van der Waals surface area contributed by atoms with E-state index in [9.17, 15) is 4.79 Å². The maximum Gasteiger partial charge on any atom is 0.306 e. The molecule has 0 radical (unpaired) electrons. The molecule has 0 saturated carbocycles. The maximum atomic E-state index is 11.6. The van der Waals surface area contributed by atoms with Gasteiger partial charge in [0.1, 0.15) is 5.60 Å². The van der Waals surface area contributed by atoms with E-state index in [1.165, 1.54) is 0 Å². The Kier molecular flexibility index (Phi) is 3.87. The lowest BCUT2D eigenvalue weighted by Gasteiger charge is -2.40. The highest BCUT2D eigenvalue weighted by atomic mass is 79.9. The molecule has 3 heteroatoms. The van der Waals surface area contributed by atoms with Gasteiger partial charge in [0.2, 0.25) is 0 Å². The van der Waals surface area contributed by atoms with Crippen LogP contribution in [-0.2, 0) is 15.1 Å². The zero-order valence-electron chi connectivity index (χ0n) is 9.99. The van der Waals surface area contributed by atoms with E-state index in [0.29, 0.717) is 6.42 Å². The van der Waals surface area contributed by atoms with Crippen LogP contribution in [0.4, 0.5) is 0 Å². The molecular formula is C14H17BrO2. The van der Waals surface area contributed by atoms with E-state index < -0.39 is 5.60 Å². The first-order chi connectivity index (χ1) is 8.19. The zero-order chi connectivity index (χ0) is 12.3. The highest BCUT2D eigenvalue weighted by Gasteiger charge is 2.44. The summed E-state index contributed by atoms with van der Waals surface area (Å²) in [4.78, 5) is 11.8. The second-order valence-corrected chi connectivity index (χ2v) is 5.56. The normalized spacial score (nSPS) is 26.4. The molecule has 1 aromatic rings. The first-order valence-corrected chi connectivity index (χ1v) is 7.02. The van der Waals surface area contributed by atoms with Crippen molar-refractivity contribution in [3.05, 3.63) is 35.9 Å². The Morgan fingerprint density at radius 3 is 2.71 bits per heavy atom. The number of alkyl halides is 1. The molecule has 2 atom stereocenters. The number of cyclic esters (lactones) is 1. The van der Waals surface area contributed by atoms with Crippen molar-refractivity contribution in [2.75, 3.05) is 0 Å². The quantitative estimate of drug-likeness (QED) is 0.627. The van der Waals surface area contributed by atoms with E-state index in [1.807, 2.05) is 30.3 Å². The van der Waals surface area contributed by atoms with Gasteiger partial charge in [-0.25, -0.2) is 0 Å². The summed E-state index contributed by atoms with van der Waals surface area (Å²) in [5.74, 6) is -0.0852. The van der Waals surface area contributed by atoms with Crippen molar-refractivity contribution in [2.24, 2.45) is 0 Å². The molecule has 2 rings (SSSR count). The highest BCUT2D eigenvalue weighted by molar-refractivity contribution is 9.09. The Hall–Kier alpha value is -0.830. The fraction of sp³-hybridized carbons (Fsp3) is 0.500. The fourth-order valence-corrected chi connectivity index (χ4v) is 3.04. The summed E-state index contributed by atoms with van der Waals surface area (Å²) in [6.45, 7) is 2.10. The third-order valence-electron chi connectivity index (χ3n) is 3.35. The SMILES string of the molecule is CC[C@H](Br)[C@@]1(c2ccccc2)CCCC(=O)O1. The Morgan fingerprint density at radius 1 is 1.41 bits per heavy atom. The maximum absolute atomic E-state index is 11.6. The van der Waals surface area contributed by atoms with Crippen LogP contribution in [0.25, 0.3) is 0 Å². The van der Waals surface area contributed by atoms with Crippen molar-refractivity contribution >= 4 is 21.9 Å². The van der Waals surface area contributed by atoms with Crippen molar-refractivity contribution in [3.8, 4) is 0 Å². The van der Waals surface area contributed by atoms with Crippen LogP contribution in [0.5, 0.6) is 0 Å². The molecule has 0 amide bonds. The molecule has 92 valence electrons. The van der Waals surface area contributed by atoms with Gasteiger partial charge in [-0.05, 0) is 24.8 Å². The van der Waals surface area contributed by atoms with Crippen LogP contribution in [0, 0.1) is 0 Å². The van der Waals surface area contributed by atoms with Gasteiger partial charge in [-0.2, -0.15) is 0 Å². The number of hydrogen-bond donors (Lipinski definition) is 0.